The van der Waals surface area contributed by atoms with Gasteiger partial charge in [0, 0.05) is 17.8 Å². The molecule has 33 heavy (non-hydrogen) atoms. The van der Waals surface area contributed by atoms with Gasteiger partial charge in [0.2, 0.25) is 18.2 Å². The standard InChI is InChI=1S/C27H37O5P/c1-17-12-19(3)24(20(4)13-17)26(29)33(30,16-18(2)15-27(5,6)7)25(28)22-11-10-21(31-8)14-23(22)32-9/h10-14,18H,15-16H2,1-9H3. The van der Waals surface area contributed by atoms with Crippen molar-refractivity contribution in [2.45, 2.75) is 54.9 Å². The summed E-state index contributed by atoms with van der Waals surface area (Å²) in [6.45, 7) is 13.9. The van der Waals surface area contributed by atoms with E-state index >= 15 is 0 Å². The van der Waals surface area contributed by atoms with Crippen LogP contribution in [-0.4, -0.2) is 31.4 Å². The van der Waals surface area contributed by atoms with Crippen molar-refractivity contribution in [3.63, 3.8) is 0 Å². The molecule has 0 bridgehead atoms. The maximum Gasteiger partial charge on any atom is 0.232 e. The summed E-state index contributed by atoms with van der Waals surface area (Å²) >= 11 is 0. The zero-order valence-corrected chi connectivity index (χ0v) is 22.3. The van der Waals surface area contributed by atoms with Gasteiger partial charge in [0.25, 0.3) is 0 Å². The van der Waals surface area contributed by atoms with E-state index in [1.807, 2.05) is 39.8 Å². The molecule has 2 rings (SSSR count). The van der Waals surface area contributed by atoms with Crippen molar-refractivity contribution in [3.05, 3.63) is 58.1 Å². The lowest BCUT2D eigenvalue weighted by Gasteiger charge is -2.27. The van der Waals surface area contributed by atoms with Gasteiger partial charge in [-0.3, -0.25) is 9.59 Å². The second-order valence-corrected chi connectivity index (χ2v) is 12.9. The molecule has 0 spiro atoms. The molecule has 6 heteroatoms. The van der Waals surface area contributed by atoms with Crippen molar-refractivity contribution in [2.75, 3.05) is 20.4 Å². The summed E-state index contributed by atoms with van der Waals surface area (Å²) in [5, 5.41) is 0. The third-order valence-corrected chi connectivity index (χ3v) is 8.63. The van der Waals surface area contributed by atoms with Crippen molar-refractivity contribution < 1.29 is 23.6 Å². The Bertz CT molecular complexity index is 1070. The molecule has 0 N–H and O–H groups in total. The van der Waals surface area contributed by atoms with Gasteiger partial charge in [-0.1, -0.05) is 45.4 Å². The zero-order chi connectivity index (χ0) is 25.1. The van der Waals surface area contributed by atoms with E-state index in [0.717, 1.165) is 23.1 Å². The van der Waals surface area contributed by atoms with Crippen molar-refractivity contribution in [2.24, 2.45) is 11.3 Å². The van der Waals surface area contributed by atoms with Gasteiger partial charge in [-0.2, -0.15) is 0 Å². The van der Waals surface area contributed by atoms with Crippen LogP contribution in [0.15, 0.2) is 30.3 Å². The largest absolute Gasteiger partial charge is 0.497 e. The molecule has 0 aliphatic heterocycles. The molecule has 0 saturated carbocycles. The minimum Gasteiger partial charge on any atom is -0.497 e. The summed E-state index contributed by atoms with van der Waals surface area (Å²) in [5.74, 6) is 0.670. The molecule has 0 amide bonds. The molecule has 0 aliphatic rings. The number of rotatable bonds is 9. The maximum absolute atomic E-state index is 14.5. The van der Waals surface area contributed by atoms with Gasteiger partial charge in [-0.15, -0.1) is 0 Å². The van der Waals surface area contributed by atoms with E-state index < -0.39 is 18.2 Å². The van der Waals surface area contributed by atoms with Crippen molar-refractivity contribution in [3.8, 4) is 11.5 Å². The fourth-order valence-electron chi connectivity index (χ4n) is 4.67. The topological polar surface area (TPSA) is 69.7 Å². The number of benzene rings is 2. The van der Waals surface area contributed by atoms with Crippen molar-refractivity contribution in [1.29, 1.82) is 0 Å². The molecule has 2 aromatic rings. The Balaban J connectivity index is 2.67. The Morgan fingerprint density at radius 3 is 2.00 bits per heavy atom. The monoisotopic (exact) mass is 472 g/mol. The highest BCUT2D eigenvalue weighted by Gasteiger charge is 2.44. The number of hydrogen-bond acceptors (Lipinski definition) is 5. The van der Waals surface area contributed by atoms with Gasteiger partial charge < -0.3 is 14.0 Å². The summed E-state index contributed by atoms with van der Waals surface area (Å²) in [6.07, 6.45) is 0.757. The zero-order valence-electron chi connectivity index (χ0n) is 21.4. The first-order valence-electron chi connectivity index (χ1n) is 11.2. The average Bonchev–Trinajstić information content (AvgIpc) is 2.70. The van der Waals surface area contributed by atoms with Crippen LogP contribution < -0.4 is 9.47 Å². The molecule has 0 saturated heterocycles. The van der Waals surface area contributed by atoms with Crippen LogP contribution in [0.3, 0.4) is 0 Å². The summed E-state index contributed by atoms with van der Waals surface area (Å²) < 4.78 is 25.2. The first-order valence-corrected chi connectivity index (χ1v) is 13.1. The number of ether oxygens (including phenoxy) is 2. The molecule has 0 aromatic heterocycles. The molecule has 0 heterocycles. The highest BCUT2D eigenvalue weighted by molar-refractivity contribution is 7.95. The summed E-state index contributed by atoms with van der Waals surface area (Å²) in [6, 6.07) is 8.50. The van der Waals surface area contributed by atoms with Crippen LogP contribution in [-0.2, 0) is 4.57 Å². The second-order valence-electron chi connectivity index (χ2n) is 10.2. The molecular formula is C27H37O5P. The summed E-state index contributed by atoms with van der Waals surface area (Å²) in [7, 11) is -1.06. The second kappa shape index (κ2) is 10.3. The number of carbonyl (C=O) groups is 2. The van der Waals surface area contributed by atoms with Crippen LogP contribution in [0.2, 0.25) is 0 Å². The number of hydrogen-bond donors (Lipinski definition) is 0. The van der Waals surface area contributed by atoms with Gasteiger partial charge in [-0.25, -0.2) is 0 Å². The van der Waals surface area contributed by atoms with E-state index in [4.69, 9.17) is 9.47 Å². The normalized spacial score (nSPS) is 14.3. The Hall–Kier alpha value is -2.39. The number of aryl methyl sites for hydroxylation is 3. The SMILES string of the molecule is COc1ccc(C(=O)P(=O)(CC(C)CC(C)(C)C)C(=O)c2c(C)cc(C)cc2C)c(OC)c1. The van der Waals surface area contributed by atoms with Crippen molar-refractivity contribution >= 4 is 18.2 Å². The van der Waals surface area contributed by atoms with Gasteiger partial charge >= 0.3 is 0 Å². The maximum atomic E-state index is 14.5. The highest BCUT2D eigenvalue weighted by Crippen LogP contribution is 2.56. The molecule has 0 aliphatic carbocycles. The van der Waals surface area contributed by atoms with E-state index in [0.29, 0.717) is 11.3 Å². The molecule has 2 unspecified atom stereocenters. The molecule has 2 atom stereocenters. The van der Waals surface area contributed by atoms with Crippen LogP contribution in [0, 0.1) is 32.1 Å². The predicted octanol–water partition coefficient (Wildman–Crippen LogP) is 7.05. The molecule has 2 aromatic carbocycles. The molecule has 0 fully saturated rings. The number of methoxy groups -OCH3 is 2. The predicted molar refractivity (Wildman–Crippen MR) is 135 cm³/mol. The van der Waals surface area contributed by atoms with Crippen LogP contribution in [0.1, 0.15) is 71.5 Å². The lowest BCUT2D eigenvalue weighted by Crippen LogP contribution is -2.21. The summed E-state index contributed by atoms with van der Waals surface area (Å²) in [4.78, 5) is 27.8. The molecule has 5 nitrogen and oxygen atoms in total. The van der Waals surface area contributed by atoms with E-state index in [9.17, 15) is 14.2 Å². The van der Waals surface area contributed by atoms with Crippen LogP contribution in [0.4, 0.5) is 0 Å². The van der Waals surface area contributed by atoms with Gasteiger partial charge in [0.1, 0.15) is 11.5 Å². The van der Waals surface area contributed by atoms with Crippen molar-refractivity contribution in [1.82, 2.24) is 0 Å². The first kappa shape index (κ1) is 26.9. The third kappa shape index (κ3) is 6.14. The smallest absolute Gasteiger partial charge is 0.232 e. The lowest BCUT2D eigenvalue weighted by atomic mass is 9.86. The first-order chi connectivity index (χ1) is 15.2. The average molecular weight is 473 g/mol. The quantitative estimate of drug-likeness (QED) is 0.366. The van der Waals surface area contributed by atoms with E-state index in [1.54, 1.807) is 12.1 Å². The minimum absolute atomic E-state index is 0.0177. The minimum atomic E-state index is -4.02. The van der Waals surface area contributed by atoms with E-state index in [-0.39, 0.29) is 28.8 Å². The van der Waals surface area contributed by atoms with Gasteiger partial charge in [0.05, 0.1) is 19.8 Å². The Morgan fingerprint density at radius 2 is 1.52 bits per heavy atom. The Labute approximate surface area is 198 Å². The Morgan fingerprint density at radius 1 is 0.939 bits per heavy atom. The fraction of sp³-hybridized carbons (Fsp3) is 0.481. The number of carbonyl (C=O) groups excluding carboxylic acids is 2. The summed E-state index contributed by atoms with van der Waals surface area (Å²) in [5.41, 5.74) is 1.75. The Kier molecular flexibility index (Phi) is 8.35. The lowest BCUT2D eigenvalue weighted by molar-refractivity contribution is 0.103. The van der Waals surface area contributed by atoms with Gasteiger partial charge in [0.15, 0.2) is 0 Å². The fourth-order valence-corrected chi connectivity index (χ4v) is 7.49. The molecule has 0 radical (unpaired) electrons. The highest BCUT2D eigenvalue weighted by atomic mass is 31.2. The van der Waals surface area contributed by atoms with E-state index in [2.05, 4.69) is 20.8 Å². The van der Waals surface area contributed by atoms with Gasteiger partial charge in [-0.05, 0) is 61.8 Å². The third-order valence-electron chi connectivity index (χ3n) is 5.72. The van der Waals surface area contributed by atoms with E-state index in [1.165, 1.54) is 20.3 Å². The molecular weight excluding hydrogens is 435 g/mol. The van der Waals surface area contributed by atoms with Crippen LogP contribution >= 0.6 is 7.14 Å². The molecule has 180 valence electrons. The van der Waals surface area contributed by atoms with Crippen LogP contribution in [0.5, 0.6) is 11.5 Å². The van der Waals surface area contributed by atoms with Crippen LogP contribution in [0.25, 0.3) is 0 Å².